The Labute approximate surface area is 122 Å². The van der Waals surface area contributed by atoms with E-state index in [0.29, 0.717) is 12.3 Å². The van der Waals surface area contributed by atoms with Crippen LogP contribution in [0.5, 0.6) is 0 Å². The molecule has 0 saturated heterocycles. The zero-order chi connectivity index (χ0) is 14.3. The quantitative estimate of drug-likeness (QED) is 0.696. The fourth-order valence-corrected chi connectivity index (χ4v) is 2.62. The summed E-state index contributed by atoms with van der Waals surface area (Å²) in [5.74, 6) is 1.45. The minimum Gasteiger partial charge on any atom is -0.277 e. The van der Waals surface area contributed by atoms with Gasteiger partial charge in [0.15, 0.2) is 5.65 Å². The Morgan fingerprint density at radius 3 is 2.75 bits per heavy atom. The second-order valence-electron chi connectivity index (χ2n) is 4.88. The topological polar surface area (TPSA) is 48.5 Å². The number of aryl methyl sites for hydroxylation is 4. The number of pyridine rings is 1. The van der Waals surface area contributed by atoms with Crippen LogP contribution in [0.4, 0.5) is 0 Å². The van der Waals surface area contributed by atoms with Crippen LogP contribution in [0.3, 0.4) is 0 Å². The maximum atomic E-state index is 5.91. The predicted molar refractivity (Wildman–Crippen MR) is 79.5 cm³/mol. The van der Waals surface area contributed by atoms with Gasteiger partial charge in [-0.1, -0.05) is 0 Å². The number of aromatic nitrogens is 5. The van der Waals surface area contributed by atoms with Crippen molar-refractivity contribution in [2.75, 3.05) is 5.88 Å². The van der Waals surface area contributed by atoms with E-state index >= 15 is 0 Å². The van der Waals surface area contributed by atoms with E-state index in [1.807, 2.05) is 39.4 Å². The first-order valence-electron chi connectivity index (χ1n) is 6.51. The smallest absolute Gasteiger partial charge is 0.165 e. The van der Waals surface area contributed by atoms with E-state index in [2.05, 4.69) is 14.6 Å². The molecule has 0 spiro atoms. The minimum atomic E-state index is 0.529. The third kappa shape index (κ3) is 1.98. The molecule has 104 valence electrons. The third-order valence-electron chi connectivity index (χ3n) is 3.36. The monoisotopic (exact) mass is 289 g/mol. The van der Waals surface area contributed by atoms with Crippen LogP contribution in [0.1, 0.15) is 17.1 Å². The van der Waals surface area contributed by atoms with Crippen molar-refractivity contribution in [2.24, 2.45) is 7.05 Å². The van der Waals surface area contributed by atoms with Crippen molar-refractivity contribution in [3.05, 3.63) is 35.5 Å². The van der Waals surface area contributed by atoms with Gasteiger partial charge in [-0.3, -0.25) is 9.25 Å². The summed E-state index contributed by atoms with van der Waals surface area (Å²) in [5.41, 5.74) is 4.86. The molecule has 0 aliphatic carbocycles. The lowest BCUT2D eigenvalue weighted by Crippen LogP contribution is -2.03. The summed E-state index contributed by atoms with van der Waals surface area (Å²) in [6, 6.07) is 1.97. The van der Waals surface area contributed by atoms with Gasteiger partial charge in [-0.05, 0) is 25.5 Å². The molecule has 0 amide bonds. The van der Waals surface area contributed by atoms with Crippen molar-refractivity contribution < 1.29 is 0 Å². The van der Waals surface area contributed by atoms with Crippen LogP contribution in [0.25, 0.3) is 16.9 Å². The van der Waals surface area contributed by atoms with Gasteiger partial charge in [-0.25, -0.2) is 9.97 Å². The van der Waals surface area contributed by atoms with E-state index in [4.69, 9.17) is 16.6 Å². The summed E-state index contributed by atoms with van der Waals surface area (Å²) in [6.07, 6.45) is 4.50. The first-order valence-corrected chi connectivity index (χ1v) is 7.04. The van der Waals surface area contributed by atoms with Gasteiger partial charge in [0.05, 0.1) is 11.4 Å². The highest BCUT2D eigenvalue weighted by Crippen LogP contribution is 2.24. The van der Waals surface area contributed by atoms with Crippen molar-refractivity contribution in [2.45, 2.75) is 20.3 Å². The Bertz CT molecular complexity index is 771. The van der Waals surface area contributed by atoms with Crippen molar-refractivity contribution in [3.63, 3.8) is 0 Å². The molecule has 3 rings (SSSR count). The Hall–Kier alpha value is -1.88. The Balaban J connectivity index is 2.34. The fourth-order valence-electron chi connectivity index (χ4n) is 2.45. The Morgan fingerprint density at radius 2 is 2.10 bits per heavy atom. The Morgan fingerprint density at radius 1 is 1.30 bits per heavy atom. The van der Waals surface area contributed by atoms with Gasteiger partial charge in [-0.2, -0.15) is 5.10 Å². The molecule has 0 aliphatic rings. The van der Waals surface area contributed by atoms with Crippen LogP contribution in [-0.4, -0.2) is 30.2 Å². The van der Waals surface area contributed by atoms with E-state index in [-0.39, 0.29) is 0 Å². The van der Waals surface area contributed by atoms with Crippen LogP contribution < -0.4 is 0 Å². The molecule has 0 unspecified atom stereocenters. The first kappa shape index (κ1) is 13.1. The van der Waals surface area contributed by atoms with Crippen LogP contribution in [0.15, 0.2) is 18.5 Å². The van der Waals surface area contributed by atoms with Gasteiger partial charge in [0.25, 0.3) is 0 Å². The average Bonchev–Trinajstić information content (AvgIpc) is 2.91. The first-order chi connectivity index (χ1) is 9.61. The van der Waals surface area contributed by atoms with Crippen molar-refractivity contribution >= 4 is 22.8 Å². The molecule has 0 saturated carbocycles. The zero-order valence-corrected chi connectivity index (χ0v) is 12.5. The molecular weight excluding hydrogens is 274 g/mol. The molecule has 5 nitrogen and oxygen atoms in total. The summed E-state index contributed by atoms with van der Waals surface area (Å²) >= 11 is 5.91. The van der Waals surface area contributed by atoms with Crippen LogP contribution in [0.2, 0.25) is 0 Å². The summed E-state index contributed by atoms with van der Waals surface area (Å²) in [4.78, 5) is 9.20. The maximum Gasteiger partial charge on any atom is 0.165 e. The largest absolute Gasteiger partial charge is 0.277 e. The van der Waals surface area contributed by atoms with Crippen molar-refractivity contribution in [3.8, 4) is 5.69 Å². The third-order valence-corrected chi connectivity index (χ3v) is 3.55. The normalized spacial score (nSPS) is 11.4. The molecule has 20 heavy (non-hydrogen) atoms. The van der Waals surface area contributed by atoms with Crippen molar-refractivity contribution in [1.82, 2.24) is 24.3 Å². The molecular formula is C14H16ClN5. The molecule has 0 bridgehead atoms. The SMILES string of the molecule is Cc1nn(C)cc1-n1c(CCCl)nc2c(C)ccnc21. The highest BCUT2D eigenvalue weighted by atomic mass is 35.5. The molecule has 0 atom stereocenters. The Kier molecular flexibility index (Phi) is 3.22. The summed E-state index contributed by atoms with van der Waals surface area (Å²) in [6.45, 7) is 4.03. The molecule has 0 radical (unpaired) electrons. The van der Waals surface area contributed by atoms with Crippen molar-refractivity contribution in [1.29, 1.82) is 0 Å². The predicted octanol–water partition coefficient (Wildman–Crippen LogP) is 2.55. The summed E-state index contributed by atoms with van der Waals surface area (Å²) in [7, 11) is 1.91. The lowest BCUT2D eigenvalue weighted by atomic mass is 10.3. The van der Waals surface area contributed by atoms with Gasteiger partial charge in [-0.15, -0.1) is 11.6 Å². The highest BCUT2D eigenvalue weighted by molar-refractivity contribution is 6.17. The van der Waals surface area contributed by atoms with E-state index in [1.165, 1.54) is 0 Å². The average molecular weight is 290 g/mol. The number of hydrogen-bond donors (Lipinski definition) is 0. The standard InChI is InChI=1S/C14H16ClN5/c1-9-5-7-16-14-13(9)17-12(4-6-15)20(14)11-8-19(3)18-10(11)2/h5,7-8H,4,6H2,1-3H3. The lowest BCUT2D eigenvalue weighted by molar-refractivity contribution is 0.756. The maximum absolute atomic E-state index is 5.91. The lowest BCUT2D eigenvalue weighted by Gasteiger charge is -2.06. The summed E-state index contributed by atoms with van der Waals surface area (Å²) < 4.78 is 3.86. The van der Waals surface area contributed by atoms with Crippen LogP contribution in [-0.2, 0) is 13.5 Å². The molecule has 3 aromatic heterocycles. The van der Waals surface area contributed by atoms with Gasteiger partial charge < -0.3 is 0 Å². The van der Waals surface area contributed by atoms with Gasteiger partial charge in [0, 0.05) is 31.7 Å². The van der Waals surface area contributed by atoms with Crippen LogP contribution in [0, 0.1) is 13.8 Å². The summed E-state index contributed by atoms with van der Waals surface area (Å²) in [5, 5.41) is 4.40. The molecule has 0 N–H and O–H groups in total. The second kappa shape index (κ2) is 4.90. The number of alkyl halides is 1. The molecule has 0 fully saturated rings. The number of rotatable bonds is 3. The van der Waals surface area contributed by atoms with E-state index < -0.39 is 0 Å². The number of nitrogens with zero attached hydrogens (tertiary/aromatic N) is 5. The van der Waals surface area contributed by atoms with Gasteiger partial charge in [0.2, 0.25) is 0 Å². The van der Waals surface area contributed by atoms with E-state index in [0.717, 1.165) is 33.9 Å². The molecule has 6 heteroatoms. The van der Waals surface area contributed by atoms with Gasteiger partial charge >= 0.3 is 0 Å². The molecule has 3 aromatic rings. The van der Waals surface area contributed by atoms with Crippen LogP contribution >= 0.6 is 11.6 Å². The number of imidazole rings is 1. The van der Waals surface area contributed by atoms with E-state index in [9.17, 15) is 0 Å². The zero-order valence-electron chi connectivity index (χ0n) is 11.8. The minimum absolute atomic E-state index is 0.529. The number of halogens is 1. The highest BCUT2D eigenvalue weighted by Gasteiger charge is 2.17. The second-order valence-corrected chi connectivity index (χ2v) is 5.25. The molecule has 0 aliphatic heterocycles. The number of fused-ring (bicyclic) bond motifs is 1. The van der Waals surface area contributed by atoms with E-state index in [1.54, 1.807) is 4.68 Å². The van der Waals surface area contributed by atoms with Gasteiger partial charge in [0.1, 0.15) is 11.3 Å². The fraction of sp³-hybridized carbons (Fsp3) is 0.357. The molecule has 0 aromatic carbocycles. The number of hydrogen-bond acceptors (Lipinski definition) is 3. The molecule has 3 heterocycles.